The summed E-state index contributed by atoms with van der Waals surface area (Å²) < 4.78 is 5.34. The number of fused-ring (bicyclic) bond motifs is 1. The molecule has 1 aromatic carbocycles. The van der Waals surface area contributed by atoms with E-state index in [1.54, 1.807) is 0 Å². The fraction of sp³-hybridized carbons (Fsp3) is 0.111. The quantitative estimate of drug-likeness (QED) is 0.570. The van der Waals surface area contributed by atoms with Crippen LogP contribution < -0.4 is 4.74 Å². The van der Waals surface area contributed by atoms with Crippen molar-refractivity contribution in [3.8, 4) is 5.75 Å². The first kappa shape index (κ1) is 15.9. The van der Waals surface area contributed by atoms with Crippen molar-refractivity contribution >= 4 is 6.08 Å². The van der Waals surface area contributed by atoms with Gasteiger partial charge in [0, 0.05) is 59.9 Å². The molecule has 0 bridgehead atoms. The monoisotopic (exact) mass is 433 g/mol. The molecular weight excluding hydrogens is 426 g/mol. The van der Waals surface area contributed by atoms with Crippen LogP contribution in [0.5, 0.6) is 5.75 Å². The van der Waals surface area contributed by atoms with Crippen LogP contribution in [0.1, 0.15) is 5.56 Å². The molecule has 1 aliphatic heterocycles. The van der Waals surface area contributed by atoms with Crippen molar-refractivity contribution in [3.63, 3.8) is 0 Å². The molecule has 1 aromatic rings. The molecule has 0 aliphatic carbocycles. The molecule has 0 unspecified atom stereocenters. The van der Waals surface area contributed by atoms with E-state index in [-0.39, 0.29) is 54.3 Å². The van der Waals surface area contributed by atoms with Crippen LogP contribution in [0.3, 0.4) is 0 Å². The largest absolute Gasteiger partial charge is 0.489 e. The number of benzene rings is 1. The number of hydrogen-bond donors (Lipinski definition) is 0. The minimum Gasteiger partial charge on any atom is -0.489 e. The van der Waals surface area contributed by atoms with Gasteiger partial charge in [-0.15, -0.1) is 0 Å². The summed E-state index contributed by atoms with van der Waals surface area (Å²) in [4.78, 5) is 0. The molecule has 1 radical (unpaired) electrons. The van der Waals surface area contributed by atoms with E-state index >= 15 is 0 Å². The van der Waals surface area contributed by atoms with Gasteiger partial charge in [0.1, 0.15) is 12.4 Å². The van der Waals surface area contributed by atoms with Crippen LogP contribution in [0, 0.1) is 0 Å². The van der Waals surface area contributed by atoms with Gasteiger partial charge >= 0.3 is 0 Å². The predicted molar refractivity (Wildman–Crippen MR) is 41.0 cm³/mol. The van der Waals surface area contributed by atoms with Crippen LogP contribution in [-0.2, 0) is 54.3 Å². The maximum absolute atomic E-state index is 5.34. The second-order valence-electron chi connectivity index (χ2n) is 2.25. The Morgan fingerprint density at radius 2 is 1.85 bits per heavy atom. The predicted octanol–water partition coefficient (Wildman–Crippen LogP) is 2.08. The van der Waals surface area contributed by atoms with Gasteiger partial charge in [0.25, 0.3) is 0 Å². The van der Waals surface area contributed by atoms with E-state index in [0.29, 0.717) is 6.61 Å². The average Bonchev–Trinajstić information content (AvgIpc) is 2.05. The van der Waals surface area contributed by atoms with E-state index in [2.05, 4.69) is 6.08 Å². The third-order valence-corrected chi connectivity index (χ3v) is 1.55. The standard InChI is InChI=1S/C9H8O.Co.Ni.W/c1-2-6-9-8(4-1)5-3-7-10-9;;;/h1-6H,7H2;;;. The van der Waals surface area contributed by atoms with E-state index in [4.69, 9.17) is 4.74 Å². The molecule has 75 valence electrons. The van der Waals surface area contributed by atoms with Gasteiger partial charge in [0.15, 0.2) is 0 Å². The summed E-state index contributed by atoms with van der Waals surface area (Å²) in [6.07, 6.45) is 4.10. The third-order valence-electron chi connectivity index (χ3n) is 1.55. The molecule has 0 aromatic heterocycles. The van der Waals surface area contributed by atoms with Crippen molar-refractivity contribution in [2.45, 2.75) is 0 Å². The number of para-hydroxylation sites is 1. The Hall–Kier alpha value is 0.448. The Balaban J connectivity index is 0. The smallest absolute Gasteiger partial charge is 0.126 e. The van der Waals surface area contributed by atoms with Crippen LogP contribution in [0.25, 0.3) is 6.08 Å². The first-order valence-corrected chi connectivity index (χ1v) is 3.35. The maximum Gasteiger partial charge on any atom is 0.126 e. The molecule has 1 heterocycles. The van der Waals surface area contributed by atoms with Crippen molar-refractivity contribution < 1.29 is 59.1 Å². The molecule has 2 rings (SSSR count). The van der Waals surface area contributed by atoms with Crippen molar-refractivity contribution in [2.24, 2.45) is 0 Å². The van der Waals surface area contributed by atoms with Crippen LogP contribution in [-0.4, -0.2) is 6.61 Å². The fourth-order valence-corrected chi connectivity index (χ4v) is 1.06. The first-order valence-electron chi connectivity index (χ1n) is 3.35. The molecule has 0 atom stereocenters. The van der Waals surface area contributed by atoms with Crippen LogP contribution in [0.15, 0.2) is 30.3 Å². The van der Waals surface area contributed by atoms with E-state index in [9.17, 15) is 0 Å². The van der Waals surface area contributed by atoms with Gasteiger partial charge in [-0.1, -0.05) is 24.3 Å². The Kier molecular flexibility index (Phi) is 9.56. The maximum atomic E-state index is 5.34. The van der Waals surface area contributed by atoms with E-state index in [1.165, 1.54) is 5.56 Å². The molecule has 13 heavy (non-hydrogen) atoms. The van der Waals surface area contributed by atoms with Crippen LogP contribution in [0.4, 0.5) is 0 Å². The minimum atomic E-state index is 0. The molecule has 0 N–H and O–H groups in total. The normalized spacial score (nSPS) is 10.8. The number of hydrogen-bond acceptors (Lipinski definition) is 1. The second kappa shape index (κ2) is 7.82. The summed E-state index contributed by atoms with van der Waals surface area (Å²) in [6, 6.07) is 8.03. The summed E-state index contributed by atoms with van der Waals surface area (Å²) in [7, 11) is 0. The first-order chi connectivity index (χ1) is 4.97. The molecular formula is C9H8CoNiOW. The molecule has 0 saturated heterocycles. The van der Waals surface area contributed by atoms with Crippen molar-refractivity contribution in [2.75, 3.05) is 6.61 Å². The molecule has 0 amide bonds. The Morgan fingerprint density at radius 1 is 1.15 bits per heavy atom. The molecule has 1 aliphatic rings. The molecule has 0 saturated carbocycles. The zero-order chi connectivity index (χ0) is 6.81. The van der Waals surface area contributed by atoms with Crippen LogP contribution in [0.2, 0.25) is 0 Å². The number of ether oxygens (including phenoxy) is 1. The van der Waals surface area contributed by atoms with Gasteiger partial charge < -0.3 is 4.74 Å². The molecule has 0 spiro atoms. The fourth-order valence-electron chi connectivity index (χ4n) is 1.06. The summed E-state index contributed by atoms with van der Waals surface area (Å²) in [5.74, 6) is 0.991. The van der Waals surface area contributed by atoms with Crippen molar-refractivity contribution in [1.29, 1.82) is 0 Å². The molecule has 0 fully saturated rings. The molecule has 1 nitrogen and oxygen atoms in total. The van der Waals surface area contributed by atoms with E-state index in [1.807, 2.05) is 30.3 Å². The summed E-state index contributed by atoms with van der Waals surface area (Å²) >= 11 is 0. The SMILES string of the molecule is C1=Cc2ccccc2OC1.[Co].[Ni].[W]. The van der Waals surface area contributed by atoms with Gasteiger partial charge in [-0.05, 0) is 12.1 Å². The van der Waals surface area contributed by atoms with Gasteiger partial charge in [-0.3, -0.25) is 0 Å². The van der Waals surface area contributed by atoms with Crippen LogP contribution >= 0.6 is 0 Å². The van der Waals surface area contributed by atoms with Crippen molar-refractivity contribution in [1.82, 2.24) is 0 Å². The van der Waals surface area contributed by atoms with E-state index in [0.717, 1.165) is 5.75 Å². The Labute approximate surface area is 113 Å². The Bertz CT molecular complexity index is 278. The second-order valence-corrected chi connectivity index (χ2v) is 2.25. The zero-order valence-corrected chi connectivity index (χ0v) is 11.6. The van der Waals surface area contributed by atoms with Gasteiger partial charge in [-0.25, -0.2) is 0 Å². The summed E-state index contributed by atoms with van der Waals surface area (Å²) in [5, 5.41) is 0. The average molecular weight is 434 g/mol. The topological polar surface area (TPSA) is 9.23 Å². The van der Waals surface area contributed by atoms with Crippen molar-refractivity contribution in [3.05, 3.63) is 35.9 Å². The van der Waals surface area contributed by atoms with E-state index < -0.39 is 0 Å². The van der Waals surface area contributed by atoms with Gasteiger partial charge in [-0.2, -0.15) is 0 Å². The number of rotatable bonds is 0. The van der Waals surface area contributed by atoms with Gasteiger partial charge in [0.2, 0.25) is 0 Å². The summed E-state index contributed by atoms with van der Waals surface area (Å²) in [6.45, 7) is 0.705. The minimum absolute atomic E-state index is 0. The Morgan fingerprint density at radius 3 is 2.54 bits per heavy atom. The van der Waals surface area contributed by atoms with Gasteiger partial charge in [0.05, 0.1) is 0 Å². The third kappa shape index (κ3) is 3.99. The summed E-state index contributed by atoms with van der Waals surface area (Å²) in [5.41, 5.74) is 1.17. The molecule has 4 heteroatoms. The zero-order valence-electron chi connectivity index (χ0n) is 6.64.